The summed E-state index contributed by atoms with van der Waals surface area (Å²) in [4.78, 5) is 16.5. The predicted octanol–water partition coefficient (Wildman–Crippen LogP) is 3.74. The van der Waals surface area contributed by atoms with Gasteiger partial charge in [-0.1, -0.05) is 65.9 Å². The summed E-state index contributed by atoms with van der Waals surface area (Å²) in [7, 11) is 1.62. The number of nitrogens with one attached hydrogen (secondary N) is 1. The second-order valence-electron chi connectivity index (χ2n) is 5.90. The molecule has 6 heteroatoms. The van der Waals surface area contributed by atoms with Crippen molar-refractivity contribution in [3.63, 3.8) is 0 Å². The number of aromatic nitrogens is 3. The Bertz CT molecular complexity index is 915. The number of benzene rings is 2. The molecule has 1 amide bonds. The van der Waals surface area contributed by atoms with E-state index in [1.807, 2.05) is 62.4 Å². The number of nitrogens with zero attached hydrogens (tertiary/aromatic N) is 3. The van der Waals surface area contributed by atoms with Gasteiger partial charge < -0.3 is 5.32 Å². The van der Waals surface area contributed by atoms with E-state index >= 15 is 0 Å². The lowest BCUT2D eigenvalue weighted by atomic mass is 10.0. The van der Waals surface area contributed by atoms with Gasteiger partial charge in [-0.3, -0.25) is 4.79 Å². The van der Waals surface area contributed by atoms with E-state index in [4.69, 9.17) is 4.98 Å². The fourth-order valence-electron chi connectivity index (χ4n) is 2.56. The monoisotopic (exact) mass is 364 g/mol. The van der Waals surface area contributed by atoms with Gasteiger partial charge in [0.1, 0.15) is 11.4 Å². The quantitative estimate of drug-likeness (QED) is 0.699. The molecule has 1 atom stereocenters. The molecule has 2 aromatic carbocycles. The summed E-state index contributed by atoms with van der Waals surface area (Å²) in [6, 6.07) is 18.0. The van der Waals surface area contributed by atoms with Crippen molar-refractivity contribution in [2.24, 2.45) is 0 Å². The van der Waals surface area contributed by atoms with Gasteiger partial charge in [-0.15, -0.1) is 10.2 Å². The maximum Gasteiger partial charge on any atom is 0.233 e. The zero-order chi connectivity index (χ0) is 18.5. The first kappa shape index (κ1) is 18.1. The van der Waals surface area contributed by atoms with Crippen LogP contribution < -0.4 is 5.32 Å². The van der Waals surface area contributed by atoms with Crippen LogP contribution in [0.4, 0.5) is 0 Å². The molecule has 5 nitrogen and oxygen atoms in total. The van der Waals surface area contributed by atoms with Crippen LogP contribution in [0.25, 0.3) is 22.5 Å². The van der Waals surface area contributed by atoms with Gasteiger partial charge in [-0.25, -0.2) is 4.98 Å². The Balaban J connectivity index is 2.07. The molecule has 0 bridgehead atoms. The standard InChI is InChI=1S/C20H20N4OS/c1-13-8-7-11-16(12-13)17-18(15-9-5-4-6-10-15)23-24-20(22-17)26-14(2)19(25)21-3/h4-12,14H,1-3H3,(H,21,25). The minimum atomic E-state index is -0.297. The molecule has 0 spiro atoms. The van der Waals surface area contributed by atoms with E-state index in [0.717, 1.165) is 28.1 Å². The molecule has 1 unspecified atom stereocenters. The van der Waals surface area contributed by atoms with Crippen LogP contribution in [0.2, 0.25) is 0 Å². The molecule has 3 rings (SSSR count). The number of thioether (sulfide) groups is 1. The Labute approximate surface area is 157 Å². The molecule has 0 aliphatic rings. The predicted molar refractivity (Wildman–Crippen MR) is 105 cm³/mol. The van der Waals surface area contributed by atoms with Gasteiger partial charge in [0.25, 0.3) is 0 Å². The average molecular weight is 364 g/mol. The van der Waals surface area contributed by atoms with Crippen molar-refractivity contribution >= 4 is 17.7 Å². The molecule has 0 radical (unpaired) electrons. The zero-order valence-electron chi connectivity index (χ0n) is 14.9. The van der Waals surface area contributed by atoms with E-state index in [0.29, 0.717) is 5.16 Å². The number of carbonyl (C=O) groups is 1. The lowest BCUT2D eigenvalue weighted by molar-refractivity contribution is -0.119. The van der Waals surface area contributed by atoms with Crippen molar-refractivity contribution in [2.45, 2.75) is 24.3 Å². The van der Waals surface area contributed by atoms with Crippen molar-refractivity contribution in [3.8, 4) is 22.5 Å². The number of hydrogen-bond donors (Lipinski definition) is 1. The van der Waals surface area contributed by atoms with Crippen LogP contribution in [0, 0.1) is 6.92 Å². The van der Waals surface area contributed by atoms with Gasteiger partial charge in [-0.2, -0.15) is 0 Å². The van der Waals surface area contributed by atoms with Gasteiger partial charge in [-0.05, 0) is 19.9 Å². The molecular formula is C20H20N4OS. The molecule has 0 aliphatic carbocycles. The topological polar surface area (TPSA) is 67.8 Å². The second-order valence-corrected chi connectivity index (χ2v) is 7.21. The van der Waals surface area contributed by atoms with Gasteiger partial charge in [0, 0.05) is 18.2 Å². The van der Waals surface area contributed by atoms with Gasteiger partial charge in [0.2, 0.25) is 11.1 Å². The Kier molecular flexibility index (Phi) is 5.63. The second kappa shape index (κ2) is 8.10. The normalized spacial score (nSPS) is 11.8. The molecule has 1 aromatic heterocycles. The third-order valence-corrected chi connectivity index (χ3v) is 4.86. The number of rotatable bonds is 5. The summed E-state index contributed by atoms with van der Waals surface area (Å²) >= 11 is 1.30. The molecule has 0 saturated heterocycles. The van der Waals surface area contributed by atoms with Crippen molar-refractivity contribution < 1.29 is 4.79 Å². The first-order chi connectivity index (χ1) is 12.6. The van der Waals surface area contributed by atoms with Gasteiger partial charge >= 0.3 is 0 Å². The third-order valence-electron chi connectivity index (χ3n) is 3.90. The fraction of sp³-hybridized carbons (Fsp3) is 0.200. The van der Waals surface area contributed by atoms with Crippen LogP contribution in [-0.4, -0.2) is 33.4 Å². The van der Waals surface area contributed by atoms with E-state index in [1.54, 1.807) is 7.05 Å². The van der Waals surface area contributed by atoms with Crippen LogP contribution in [0.3, 0.4) is 0 Å². The lowest BCUT2D eigenvalue weighted by Gasteiger charge is -2.12. The van der Waals surface area contributed by atoms with Crippen LogP contribution in [-0.2, 0) is 4.79 Å². The van der Waals surface area contributed by atoms with Gasteiger partial charge in [0.15, 0.2) is 0 Å². The van der Waals surface area contributed by atoms with Crippen molar-refractivity contribution in [1.29, 1.82) is 0 Å². The maximum atomic E-state index is 11.8. The highest BCUT2D eigenvalue weighted by atomic mass is 32.2. The minimum absolute atomic E-state index is 0.0668. The molecular weight excluding hydrogens is 344 g/mol. The van der Waals surface area contributed by atoms with Crippen molar-refractivity contribution in [1.82, 2.24) is 20.5 Å². The van der Waals surface area contributed by atoms with E-state index in [-0.39, 0.29) is 11.2 Å². The first-order valence-corrected chi connectivity index (χ1v) is 9.22. The zero-order valence-corrected chi connectivity index (χ0v) is 15.7. The van der Waals surface area contributed by atoms with Crippen LogP contribution >= 0.6 is 11.8 Å². The summed E-state index contributed by atoms with van der Waals surface area (Å²) in [6.45, 7) is 3.87. The van der Waals surface area contributed by atoms with E-state index < -0.39 is 0 Å². The summed E-state index contributed by atoms with van der Waals surface area (Å²) in [5, 5.41) is 11.5. The number of carbonyl (C=O) groups excluding carboxylic acids is 1. The summed E-state index contributed by atoms with van der Waals surface area (Å²) in [5.41, 5.74) is 4.58. The van der Waals surface area contributed by atoms with Crippen molar-refractivity contribution in [3.05, 3.63) is 60.2 Å². The summed E-state index contributed by atoms with van der Waals surface area (Å²) in [5.74, 6) is -0.0668. The molecule has 0 saturated carbocycles. The third kappa shape index (κ3) is 4.08. The maximum absolute atomic E-state index is 11.8. The first-order valence-electron chi connectivity index (χ1n) is 8.34. The smallest absolute Gasteiger partial charge is 0.233 e. The number of amides is 1. The van der Waals surface area contributed by atoms with Crippen LogP contribution in [0.5, 0.6) is 0 Å². The SMILES string of the molecule is CNC(=O)C(C)Sc1nnc(-c2ccccc2)c(-c2cccc(C)c2)n1. The molecule has 0 aliphatic heterocycles. The summed E-state index contributed by atoms with van der Waals surface area (Å²) < 4.78 is 0. The number of hydrogen-bond acceptors (Lipinski definition) is 5. The molecule has 0 fully saturated rings. The molecule has 132 valence electrons. The Hall–Kier alpha value is -2.73. The average Bonchev–Trinajstić information content (AvgIpc) is 2.68. The highest BCUT2D eigenvalue weighted by molar-refractivity contribution is 8.00. The minimum Gasteiger partial charge on any atom is -0.358 e. The Morgan fingerprint density at radius 2 is 1.73 bits per heavy atom. The highest BCUT2D eigenvalue weighted by Gasteiger charge is 2.18. The fourth-order valence-corrected chi connectivity index (χ4v) is 3.33. The van der Waals surface area contributed by atoms with Crippen LogP contribution in [0.15, 0.2) is 59.8 Å². The molecule has 1 N–H and O–H groups in total. The Morgan fingerprint density at radius 1 is 1.00 bits per heavy atom. The van der Waals surface area contributed by atoms with E-state index in [1.165, 1.54) is 11.8 Å². The Morgan fingerprint density at radius 3 is 2.42 bits per heavy atom. The molecule has 1 heterocycles. The van der Waals surface area contributed by atoms with E-state index in [9.17, 15) is 4.79 Å². The molecule has 3 aromatic rings. The highest BCUT2D eigenvalue weighted by Crippen LogP contribution is 2.31. The largest absolute Gasteiger partial charge is 0.358 e. The van der Waals surface area contributed by atoms with Crippen molar-refractivity contribution in [2.75, 3.05) is 7.05 Å². The molecule has 26 heavy (non-hydrogen) atoms. The number of aryl methyl sites for hydroxylation is 1. The van der Waals surface area contributed by atoms with E-state index in [2.05, 4.69) is 21.6 Å². The van der Waals surface area contributed by atoms with Gasteiger partial charge in [0.05, 0.1) is 5.25 Å². The van der Waals surface area contributed by atoms with Crippen LogP contribution in [0.1, 0.15) is 12.5 Å². The lowest BCUT2D eigenvalue weighted by Crippen LogP contribution is -2.27. The summed E-state index contributed by atoms with van der Waals surface area (Å²) in [6.07, 6.45) is 0.